The van der Waals surface area contributed by atoms with Crippen molar-refractivity contribution >= 4 is 23.4 Å². The number of carbonyl (C=O) groups excluding carboxylic acids is 1. The van der Waals surface area contributed by atoms with E-state index in [1.54, 1.807) is 12.1 Å². The van der Waals surface area contributed by atoms with Gasteiger partial charge in [-0.2, -0.15) is 11.8 Å². The van der Waals surface area contributed by atoms with Crippen LogP contribution in [0.1, 0.15) is 29.6 Å². The number of carbonyl (C=O) groups is 1. The highest BCUT2D eigenvalue weighted by Crippen LogP contribution is 2.26. The molecule has 7 heteroatoms. The van der Waals surface area contributed by atoms with Gasteiger partial charge in [0.05, 0.1) is 11.0 Å². The number of hydrogen-bond acceptors (Lipinski definition) is 5. The molecule has 2 aliphatic rings. The molecule has 2 saturated heterocycles. The van der Waals surface area contributed by atoms with Crippen molar-refractivity contribution in [1.82, 2.24) is 4.90 Å². The van der Waals surface area contributed by atoms with Crippen LogP contribution in [0.3, 0.4) is 0 Å². The average molecular weight is 336 g/mol. The first-order valence-electron chi connectivity index (χ1n) is 7.90. The summed E-state index contributed by atoms with van der Waals surface area (Å²) < 4.78 is 5.69. The van der Waals surface area contributed by atoms with Gasteiger partial charge in [0.1, 0.15) is 0 Å². The predicted octanol–water partition coefficient (Wildman–Crippen LogP) is 2.72. The van der Waals surface area contributed by atoms with Gasteiger partial charge in [-0.05, 0) is 37.1 Å². The molecule has 0 saturated carbocycles. The molecule has 124 valence electrons. The smallest absolute Gasteiger partial charge is 0.269 e. The molecule has 2 atom stereocenters. The van der Waals surface area contributed by atoms with E-state index in [0.717, 1.165) is 37.4 Å². The molecule has 1 aromatic carbocycles. The zero-order valence-corrected chi connectivity index (χ0v) is 13.7. The number of amides is 1. The highest BCUT2D eigenvalue weighted by atomic mass is 32.2. The third kappa shape index (κ3) is 3.84. The summed E-state index contributed by atoms with van der Waals surface area (Å²) in [6.07, 6.45) is 3.14. The first kappa shape index (κ1) is 16.3. The highest BCUT2D eigenvalue weighted by Gasteiger charge is 2.31. The number of non-ortho nitro benzene ring substituents is 1. The van der Waals surface area contributed by atoms with Crippen LogP contribution >= 0.6 is 11.8 Å². The van der Waals surface area contributed by atoms with Gasteiger partial charge in [-0.25, -0.2) is 0 Å². The van der Waals surface area contributed by atoms with E-state index in [4.69, 9.17) is 4.74 Å². The Morgan fingerprint density at radius 3 is 2.70 bits per heavy atom. The van der Waals surface area contributed by atoms with E-state index in [0.29, 0.717) is 12.1 Å². The molecule has 2 aliphatic heterocycles. The van der Waals surface area contributed by atoms with Crippen molar-refractivity contribution in [2.24, 2.45) is 0 Å². The van der Waals surface area contributed by atoms with Gasteiger partial charge in [0, 0.05) is 42.6 Å². The Morgan fingerprint density at radius 2 is 2.13 bits per heavy atom. The standard InChI is InChI=1S/C16H20N2O4S/c19-16(12-3-5-13(6-4-12)18(20)21)17(14-7-9-23-11-14)10-15-2-1-8-22-15/h3-6,14-15H,1-2,7-11H2. The third-order valence-electron chi connectivity index (χ3n) is 4.36. The van der Waals surface area contributed by atoms with Crippen molar-refractivity contribution in [3.05, 3.63) is 39.9 Å². The zero-order valence-electron chi connectivity index (χ0n) is 12.8. The quantitative estimate of drug-likeness (QED) is 0.610. The molecule has 2 fully saturated rings. The van der Waals surface area contributed by atoms with Gasteiger partial charge in [-0.3, -0.25) is 14.9 Å². The first-order chi connectivity index (χ1) is 11.1. The average Bonchev–Trinajstić information content (AvgIpc) is 3.25. The highest BCUT2D eigenvalue weighted by molar-refractivity contribution is 7.99. The first-order valence-corrected chi connectivity index (χ1v) is 9.05. The van der Waals surface area contributed by atoms with Gasteiger partial charge < -0.3 is 9.64 Å². The monoisotopic (exact) mass is 336 g/mol. The molecule has 0 bridgehead atoms. The Balaban J connectivity index is 1.76. The largest absolute Gasteiger partial charge is 0.376 e. The molecule has 2 unspecified atom stereocenters. The van der Waals surface area contributed by atoms with Crippen LogP contribution in [0.5, 0.6) is 0 Å². The maximum absolute atomic E-state index is 12.9. The summed E-state index contributed by atoms with van der Waals surface area (Å²) in [6, 6.07) is 6.10. The molecule has 1 amide bonds. The summed E-state index contributed by atoms with van der Waals surface area (Å²) in [7, 11) is 0. The molecule has 1 aromatic rings. The summed E-state index contributed by atoms with van der Waals surface area (Å²) in [5, 5.41) is 10.7. The molecule has 0 radical (unpaired) electrons. The molecule has 0 aliphatic carbocycles. The van der Waals surface area contributed by atoms with E-state index in [9.17, 15) is 14.9 Å². The second-order valence-corrected chi connectivity index (χ2v) is 7.06. The molecule has 6 nitrogen and oxygen atoms in total. The SMILES string of the molecule is O=C(c1ccc([N+](=O)[O-])cc1)N(CC1CCCO1)C1CCSC1. The van der Waals surface area contributed by atoms with Crippen LogP contribution in [0, 0.1) is 10.1 Å². The van der Waals surface area contributed by atoms with Crippen LogP contribution in [0.15, 0.2) is 24.3 Å². The number of thioether (sulfide) groups is 1. The summed E-state index contributed by atoms with van der Waals surface area (Å²) >= 11 is 1.86. The van der Waals surface area contributed by atoms with E-state index in [1.165, 1.54) is 12.1 Å². The fraction of sp³-hybridized carbons (Fsp3) is 0.562. The van der Waals surface area contributed by atoms with Crippen molar-refractivity contribution in [3.8, 4) is 0 Å². The Morgan fingerprint density at radius 1 is 1.35 bits per heavy atom. The zero-order chi connectivity index (χ0) is 16.2. The number of nitrogens with zero attached hydrogens (tertiary/aromatic N) is 2. The van der Waals surface area contributed by atoms with Crippen LogP contribution in [0.4, 0.5) is 5.69 Å². The van der Waals surface area contributed by atoms with Crippen molar-refractivity contribution in [3.63, 3.8) is 0 Å². The minimum absolute atomic E-state index is 0.00338. The number of rotatable bonds is 5. The normalized spacial score (nSPS) is 23.8. The lowest BCUT2D eigenvalue weighted by atomic mass is 10.1. The van der Waals surface area contributed by atoms with Crippen LogP contribution < -0.4 is 0 Å². The Hall–Kier alpha value is -1.60. The maximum Gasteiger partial charge on any atom is 0.269 e. The minimum atomic E-state index is -0.452. The fourth-order valence-corrected chi connectivity index (χ4v) is 4.29. The molecule has 0 N–H and O–H groups in total. The van der Waals surface area contributed by atoms with Gasteiger partial charge in [-0.15, -0.1) is 0 Å². The lowest BCUT2D eigenvalue weighted by Gasteiger charge is -2.30. The molecule has 23 heavy (non-hydrogen) atoms. The van der Waals surface area contributed by atoms with Crippen LogP contribution in [0.25, 0.3) is 0 Å². The van der Waals surface area contributed by atoms with Gasteiger partial charge in [0.2, 0.25) is 0 Å². The number of benzene rings is 1. The number of hydrogen-bond donors (Lipinski definition) is 0. The van der Waals surface area contributed by atoms with Crippen LogP contribution in [-0.4, -0.2) is 52.5 Å². The minimum Gasteiger partial charge on any atom is -0.376 e. The van der Waals surface area contributed by atoms with Crippen molar-refractivity contribution in [1.29, 1.82) is 0 Å². The van der Waals surface area contributed by atoms with Crippen molar-refractivity contribution < 1.29 is 14.5 Å². The van der Waals surface area contributed by atoms with Crippen LogP contribution in [-0.2, 0) is 4.74 Å². The molecule has 0 spiro atoms. The summed E-state index contributed by atoms with van der Waals surface area (Å²) in [4.78, 5) is 25.1. The predicted molar refractivity (Wildman–Crippen MR) is 88.8 cm³/mol. The number of nitro benzene ring substituents is 1. The van der Waals surface area contributed by atoms with Gasteiger partial charge >= 0.3 is 0 Å². The Labute approximate surface area is 139 Å². The second-order valence-electron chi connectivity index (χ2n) is 5.91. The lowest BCUT2D eigenvalue weighted by Crippen LogP contribution is -2.44. The summed E-state index contributed by atoms with van der Waals surface area (Å²) in [5.74, 6) is 1.97. The van der Waals surface area contributed by atoms with Crippen LogP contribution in [0.2, 0.25) is 0 Å². The molecular weight excluding hydrogens is 316 g/mol. The summed E-state index contributed by atoms with van der Waals surface area (Å²) in [6.45, 7) is 1.38. The molecule has 2 heterocycles. The maximum atomic E-state index is 12.9. The van der Waals surface area contributed by atoms with Gasteiger partial charge in [0.25, 0.3) is 11.6 Å². The number of ether oxygens (including phenoxy) is 1. The molecule has 0 aromatic heterocycles. The van der Waals surface area contributed by atoms with Gasteiger partial charge in [-0.1, -0.05) is 0 Å². The Kier molecular flexibility index (Phi) is 5.17. The van der Waals surface area contributed by atoms with E-state index in [-0.39, 0.29) is 23.7 Å². The van der Waals surface area contributed by atoms with E-state index < -0.39 is 4.92 Å². The summed E-state index contributed by atoms with van der Waals surface area (Å²) in [5.41, 5.74) is 0.508. The van der Waals surface area contributed by atoms with Gasteiger partial charge in [0.15, 0.2) is 0 Å². The fourth-order valence-electron chi connectivity index (χ4n) is 3.06. The van der Waals surface area contributed by atoms with E-state index >= 15 is 0 Å². The number of nitro groups is 1. The molecule has 3 rings (SSSR count). The lowest BCUT2D eigenvalue weighted by molar-refractivity contribution is -0.384. The van der Waals surface area contributed by atoms with Crippen molar-refractivity contribution in [2.45, 2.75) is 31.4 Å². The molecular formula is C16H20N2O4S. The second kappa shape index (κ2) is 7.31. The Bertz CT molecular complexity index is 566. The van der Waals surface area contributed by atoms with E-state index in [1.807, 2.05) is 16.7 Å². The van der Waals surface area contributed by atoms with E-state index in [2.05, 4.69) is 0 Å². The third-order valence-corrected chi connectivity index (χ3v) is 5.50. The van der Waals surface area contributed by atoms with Crippen molar-refractivity contribution in [2.75, 3.05) is 24.7 Å². The topological polar surface area (TPSA) is 72.7 Å².